The SMILES string of the molecule is N#Cc1cc(F)cc(N)n1. The molecule has 0 aromatic carbocycles. The van der Waals surface area contributed by atoms with Crippen LogP contribution in [0.3, 0.4) is 0 Å². The first kappa shape index (κ1) is 6.49. The van der Waals surface area contributed by atoms with E-state index in [0.29, 0.717) is 0 Å². The highest BCUT2D eigenvalue weighted by atomic mass is 19.1. The molecule has 4 heteroatoms. The highest BCUT2D eigenvalue weighted by Crippen LogP contribution is 2.03. The van der Waals surface area contributed by atoms with E-state index in [2.05, 4.69) is 4.98 Å². The Balaban J connectivity index is 3.22. The first-order valence-corrected chi connectivity index (χ1v) is 2.55. The molecule has 0 radical (unpaired) electrons. The third kappa shape index (κ3) is 1.20. The quantitative estimate of drug-likeness (QED) is 0.571. The summed E-state index contributed by atoms with van der Waals surface area (Å²) < 4.78 is 12.3. The second-order valence-electron chi connectivity index (χ2n) is 1.71. The lowest BCUT2D eigenvalue weighted by atomic mass is 10.3. The van der Waals surface area contributed by atoms with E-state index in [4.69, 9.17) is 11.0 Å². The Morgan fingerprint density at radius 2 is 2.30 bits per heavy atom. The van der Waals surface area contributed by atoms with Gasteiger partial charge in [0, 0.05) is 12.1 Å². The second kappa shape index (κ2) is 2.31. The molecular weight excluding hydrogens is 133 g/mol. The fraction of sp³-hybridized carbons (Fsp3) is 0. The zero-order chi connectivity index (χ0) is 7.56. The molecule has 1 rings (SSSR count). The minimum absolute atomic E-state index is 0.00231. The molecule has 0 saturated carbocycles. The van der Waals surface area contributed by atoms with Gasteiger partial charge < -0.3 is 5.73 Å². The Kier molecular flexibility index (Phi) is 1.50. The van der Waals surface area contributed by atoms with Gasteiger partial charge >= 0.3 is 0 Å². The molecule has 3 nitrogen and oxygen atoms in total. The predicted molar refractivity (Wildman–Crippen MR) is 33.3 cm³/mol. The molecule has 50 valence electrons. The van der Waals surface area contributed by atoms with Gasteiger partial charge in [-0.2, -0.15) is 5.26 Å². The summed E-state index contributed by atoms with van der Waals surface area (Å²) in [7, 11) is 0. The molecule has 1 aromatic rings. The monoisotopic (exact) mass is 137 g/mol. The van der Waals surface area contributed by atoms with Crippen molar-refractivity contribution in [1.82, 2.24) is 4.98 Å². The largest absolute Gasteiger partial charge is 0.384 e. The van der Waals surface area contributed by atoms with Crippen LogP contribution in [0.4, 0.5) is 10.2 Å². The van der Waals surface area contributed by atoms with Gasteiger partial charge in [0.15, 0.2) is 0 Å². The number of nitrogen functional groups attached to an aromatic ring is 1. The zero-order valence-corrected chi connectivity index (χ0v) is 5.00. The van der Waals surface area contributed by atoms with E-state index in [-0.39, 0.29) is 11.5 Å². The smallest absolute Gasteiger partial charge is 0.145 e. The minimum atomic E-state index is -0.538. The molecule has 0 atom stereocenters. The van der Waals surface area contributed by atoms with Crippen LogP contribution in [0.5, 0.6) is 0 Å². The number of nitrogens with zero attached hydrogens (tertiary/aromatic N) is 2. The first-order chi connectivity index (χ1) is 4.72. The van der Waals surface area contributed by atoms with Crippen molar-refractivity contribution in [2.24, 2.45) is 0 Å². The summed E-state index contributed by atoms with van der Waals surface area (Å²) >= 11 is 0. The van der Waals surface area contributed by atoms with Gasteiger partial charge in [-0.05, 0) is 0 Å². The van der Waals surface area contributed by atoms with Gasteiger partial charge in [-0.25, -0.2) is 9.37 Å². The van der Waals surface area contributed by atoms with Crippen molar-refractivity contribution in [3.05, 3.63) is 23.6 Å². The average Bonchev–Trinajstić information content (AvgIpc) is 1.85. The van der Waals surface area contributed by atoms with Gasteiger partial charge in [-0.15, -0.1) is 0 Å². The molecule has 0 spiro atoms. The van der Waals surface area contributed by atoms with Crippen LogP contribution in [0.15, 0.2) is 12.1 Å². The molecule has 1 aromatic heterocycles. The first-order valence-electron chi connectivity index (χ1n) is 2.55. The lowest BCUT2D eigenvalue weighted by Gasteiger charge is -1.91. The highest BCUT2D eigenvalue weighted by Gasteiger charge is 1.96. The molecule has 2 N–H and O–H groups in total. The Labute approximate surface area is 56.9 Å². The Bertz CT molecular complexity index is 269. The van der Waals surface area contributed by atoms with Crippen LogP contribution >= 0.6 is 0 Å². The summed E-state index contributed by atoms with van der Waals surface area (Å²) in [6.07, 6.45) is 0. The fourth-order valence-electron chi connectivity index (χ4n) is 0.574. The molecule has 0 aliphatic rings. The fourth-order valence-corrected chi connectivity index (χ4v) is 0.574. The Hall–Kier alpha value is -1.63. The van der Waals surface area contributed by atoms with Gasteiger partial charge in [0.05, 0.1) is 0 Å². The molecule has 0 saturated heterocycles. The minimum Gasteiger partial charge on any atom is -0.384 e. The molecule has 0 bridgehead atoms. The van der Waals surface area contributed by atoms with E-state index in [9.17, 15) is 4.39 Å². The number of hydrogen-bond acceptors (Lipinski definition) is 3. The van der Waals surface area contributed by atoms with Crippen LogP contribution in [0.1, 0.15) is 5.69 Å². The number of aromatic nitrogens is 1. The summed E-state index contributed by atoms with van der Waals surface area (Å²) in [6, 6.07) is 3.76. The lowest BCUT2D eigenvalue weighted by molar-refractivity contribution is 0.626. The van der Waals surface area contributed by atoms with Crippen molar-refractivity contribution in [3.8, 4) is 6.07 Å². The van der Waals surface area contributed by atoms with Crippen molar-refractivity contribution >= 4 is 5.82 Å². The van der Waals surface area contributed by atoms with E-state index in [1.54, 1.807) is 6.07 Å². The molecule has 0 fully saturated rings. The maximum atomic E-state index is 12.3. The molecule has 10 heavy (non-hydrogen) atoms. The third-order valence-electron chi connectivity index (χ3n) is 0.924. The predicted octanol–water partition coefficient (Wildman–Crippen LogP) is 0.675. The summed E-state index contributed by atoms with van der Waals surface area (Å²) in [5, 5.41) is 8.25. The van der Waals surface area contributed by atoms with Crippen molar-refractivity contribution in [2.45, 2.75) is 0 Å². The Morgan fingerprint density at radius 1 is 1.60 bits per heavy atom. The maximum absolute atomic E-state index is 12.3. The van der Waals surface area contributed by atoms with E-state index in [0.717, 1.165) is 12.1 Å². The van der Waals surface area contributed by atoms with Crippen molar-refractivity contribution in [3.63, 3.8) is 0 Å². The molecule has 0 unspecified atom stereocenters. The summed E-state index contributed by atoms with van der Waals surface area (Å²) in [5.74, 6) is -0.513. The van der Waals surface area contributed by atoms with Crippen LogP contribution in [0.2, 0.25) is 0 Å². The van der Waals surface area contributed by atoms with E-state index < -0.39 is 5.82 Å². The highest BCUT2D eigenvalue weighted by molar-refractivity contribution is 5.34. The normalized spacial score (nSPS) is 8.80. The van der Waals surface area contributed by atoms with Gasteiger partial charge in [0.25, 0.3) is 0 Å². The molecule has 0 aliphatic carbocycles. The van der Waals surface area contributed by atoms with Gasteiger partial charge in [0.1, 0.15) is 23.4 Å². The van der Waals surface area contributed by atoms with Crippen molar-refractivity contribution in [1.29, 1.82) is 5.26 Å². The number of nitriles is 1. The summed E-state index contributed by atoms with van der Waals surface area (Å²) in [4.78, 5) is 3.53. The lowest BCUT2D eigenvalue weighted by Crippen LogP contribution is -1.93. The van der Waals surface area contributed by atoms with Crippen molar-refractivity contribution in [2.75, 3.05) is 5.73 Å². The summed E-state index contributed by atoms with van der Waals surface area (Å²) in [5.41, 5.74) is 5.13. The van der Waals surface area contributed by atoms with Gasteiger partial charge in [-0.3, -0.25) is 0 Å². The Morgan fingerprint density at radius 3 is 2.80 bits per heavy atom. The van der Waals surface area contributed by atoms with Gasteiger partial charge in [0.2, 0.25) is 0 Å². The average molecular weight is 137 g/mol. The molecular formula is C6H4FN3. The number of hydrogen-bond donors (Lipinski definition) is 1. The molecule has 0 aliphatic heterocycles. The number of nitrogens with two attached hydrogens (primary N) is 1. The number of pyridine rings is 1. The van der Waals surface area contributed by atoms with Gasteiger partial charge in [-0.1, -0.05) is 0 Å². The number of rotatable bonds is 0. The topological polar surface area (TPSA) is 62.7 Å². The maximum Gasteiger partial charge on any atom is 0.145 e. The zero-order valence-electron chi connectivity index (χ0n) is 5.00. The van der Waals surface area contributed by atoms with Crippen LogP contribution in [0, 0.1) is 17.1 Å². The molecule has 0 amide bonds. The third-order valence-corrected chi connectivity index (χ3v) is 0.924. The number of anilines is 1. The van der Waals surface area contributed by atoms with Crippen molar-refractivity contribution < 1.29 is 4.39 Å². The van der Waals surface area contributed by atoms with Crippen LogP contribution in [-0.4, -0.2) is 4.98 Å². The van der Waals surface area contributed by atoms with Crippen LogP contribution < -0.4 is 5.73 Å². The van der Waals surface area contributed by atoms with E-state index in [1.807, 2.05) is 0 Å². The molecule has 1 heterocycles. The second-order valence-corrected chi connectivity index (χ2v) is 1.71. The van der Waals surface area contributed by atoms with E-state index in [1.165, 1.54) is 0 Å². The standard InChI is InChI=1S/C6H4FN3/c7-4-1-5(3-8)10-6(9)2-4/h1-2H,(H2,9,10). The van der Waals surface area contributed by atoms with Crippen LogP contribution in [-0.2, 0) is 0 Å². The summed E-state index contributed by atoms with van der Waals surface area (Å²) in [6.45, 7) is 0. The van der Waals surface area contributed by atoms with Crippen LogP contribution in [0.25, 0.3) is 0 Å². The number of halogens is 1. The van der Waals surface area contributed by atoms with E-state index >= 15 is 0 Å².